The third-order valence-electron chi connectivity index (χ3n) is 3.63. The van der Waals surface area contributed by atoms with Crippen molar-refractivity contribution in [2.24, 2.45) is 0 Å². The number of para-hydroxylation sites is 1. The Labute approximate surface area is 119 Å². The summed E-state index contributed by atoms with van der Waals surface area (Å²) >= 11 is 0. The van der Waals surface area contributed by atoms with Crippen LogP contribution in [0.2, 0.25) is 0 Å². The van der Waals surface area contributed by atoms with Gasteiger partial charge < -0.3 is 10.1 Å². The maximum absolute atomic E-state index is 5.63. The molecule has 1 aromatic carbocycles. The number of nitrogens with zero attached hydrogens (tertiary/aromatic N) is 2. The van der Waals surface area contributed by atoms with Crippen LogP contribution < -0.4 is 10.1 Å². The predicted molar refractivity (Wildman–Crippen MR) is 79.1 cm³/mol. The summed E-state index contributed by atoms with van der Waals surface area (Å²) in [5.41, 5.74) is 1.16. The van der Waals surface area contributed by atoms with Gasteiger partial charge in [-0.3, -0.25) is 0 Å². The van der Waals surface area contributed by atoms with Crippen LogP contribution in [-0.4, -0.2) is 23.1 Å². The van der Waals surface area contributed by atoms with Crippen molar-refractivity contribution < 1.29 is 4.74 Å². The minimum Gasteiger partial charge on any atom is -0.492 e. The third kappa shape index (κ3) is 3.26. The number of anilines is 1. The molecule has 0 unspecified atom stereocenters. The van der Waals surface area contributed by atoms with Crippen molar-refractivity contribution in [3.05, 3.63) is 48.4 Å². The van der Waals surface area contributed by atoms with Crippen LogP contribution in [0.1, 0.15) is 30.9 Å². The molecule has 4 nitrogen and oxygen atoms in total. The topological polar surface area (TPSA) is 47.0 Å². The van der Waals surface area contributed by atoms with E-state index >= 15 is 0 Å². The summed E-state index contributed by atoms with van der Waals surface area (Å²) in [5.74, 6) is 2.42. The first-order chi connectivity index (χ1) is 9.92. The number of hydrogen-bond acceptors (Lipinski definition) is 4. The molecule has 1 heterocycles. The zero-order chi connectivity index (χ0) is 13.6. The molecule has 0 atom stereocenters. The van der Waals surface area contributed by atoms with Crippen molar-refractivity contribution in [2.45, 2.75) is 25.2 Å². The summed E-state index contributed by atoms with van der Waals surface area (Å²) in [6, 6.07) is 11.9. The van der Waals surface area contributed by atoms with Crippen LogP contribution in [0.4, 0.5) is 5.82 Å². The van der Waals surface area contributed by atoms with E-state index in [2.05, 4.69) is 21.4 Å². The molecule has 1 N–H and O–H groups in total. The van der Waals surface area contributed by atoms with E-state index in [1.807, 2.05) is 30.3 Å². The lowest BCUT2D eigenvalue weighted by Crippen LogP contribution is -2.14. The van der Waals surface area contributed by atoms with Crippen molar-refractivity contribution in [2.75, 3.05) is 18.5 Å². The van der Waals surface area contributed by atoms with Gasteiger partial charge in [-0.05, 0) is 25.0 Å². The molecule has 3 rings (SSSR count). The molecule has 1 saturated carbocycles. The second-order valence-corrected chi connectivity index (χ2v) is 5.04. The van der Waals surface area contributed by atoms with E-state index in [-0.39, 0.29) is 0 Å². The molecule has 2 aromatic rings. The summed E-state index contributed by atoms with van der Waals surface area (Å²) in [6.07, 6.45) is 5.48. The Bertz CT molecular complexity index is 540. The number of rotatable bonds is 6. The molecule has 104 valence electrons. The van der Waals surface area contributed by atoms with E-state index in [1.54, 1.807) is 6.33 Å². The lowest BCUT2D eigenvalue weighted by Gasteiger charge is -2.24. The second kappa shape index (κ2) is 6.37. The summed E-state index contributed by atoms with van der Waals surface area (Å²) in [5, 5.41) is 3.28. The average Bonchev–Trinajstić information content (AvgIpc) is 2.43. The molecular weight excluding hydrogens is 250 g/mol. The smallest absolute Gasteiger partial charge is 0.129 e. The highest BCUT2D eigenvalue weighted by Crippen LogP contribution is 2.35. The van der Waals surface area contributed by atoms with Gasteiger partial charge >= 0.3 is 0 Å². The largest absolute Gasteiger partial charge is 0.492 e. The van der Waals surface area contributed by atoms with Crippen LogP contribution in [-0.2, 0) is 0 Å². The predicted octanol–water partition coefficient (Wildman–Crippen LogP) is 3.24. The van der Waals surface area contributed by atoms with Gasteiger partial charge in [-0.2, -0.15) is 0 Å². The van der Waals surface area contributed by atoms with E-state index in [0.29, 0.717) is 12.5 Å². The SMILES string of the molecule is c1ccc(OCCNc2cc(C3CCC3)ncn2)cc1. The number of nitrogens with one attached hydrogen (secondary N) is 1. The maximum Gasteiger partial charge on any atom is 0.129 e. The quantitative estimate of drug-likeness (QED) is 0.818. The summed E-state index contributed by atoms with van der Waals surface area (Å²) in [7, 11) is 0. The Hall–Kier alpha value is -2.10. The van der Waals surface area contributed by atoms with Crippen LogP contribution in [0.15, 0.2) is 42.7 Å². The van der Waals surface area contributed by atoms with Gasteiger partial charge in [-0.1, -0.05) is 24.6 Å². The molecule has 1 aromatic heterocycles. The molecule has 0 amide bonds. The normalized spacial score (nSPS) is 14.6. The molecule has 0 bridgehead atoms. The van der Waals surface area contributed by atoms with Gasteiger partial charge in [0.2, 0.25) is 0 Å². The van der Waals surface area contributed by atoms with Crippen molar-refractivity contribution in [3.63, 3.8) is 0 Å². The number of hydrogen-bond donors (Lipinski definition) is 1. The molecule has 1 aliphatic carbocycles. The number of ether oxygens (including phenoxy) is 1. The summed E-state index contributed by atoms with van der Waals surface area (Å²) in [6.45, 7) is 1.35. The van der Waals surface area contributed by atoms with Gasteiger partial charge in [0.15, 0.2) is 0 Å². The van der Waals surface area contributed by atoms with E-state index in [9.17, 15) is 0 Å². The Balaban J connectivity index is 1.46. The van der Waals surface area contributed by atoms with Crippen molar-refractivity contribution >= 4 is 5.82 Å². The third-order valence-corrected chi connectivity index (χ3v) is 3.63. The minimum absolute atomic E-state index is 0.618. The Morgan fingerprint density at radius 3 is 2.75 bits per heavy atom. The second-order valence-electron chi connectivity index (χ2n) is 5.04. The van der Waals surface area contributed by atoms with Crippen molar-refractivity contribution in [1.82, 2.24) is 9.97 Å². The van der Waals surface area contributed by atoms with Crippen LogP contribution in [0.3, 0.4) is 0 Å². The highest BCUT2D eigenvalue weighted by atomic mass is 16.5. The molecule has 20 heavy (non-hydrogen) atoms. The van der Waals surface area contributed by atoms with Gasteiger partial charge in [-0.15, -0.1) is 0 Å². The van der Waals surface area contributed by atoms with Crippen molar-refractivity contribution in [1.29, 1.82) is 0 Å². The van der Waals surface area contributed by atoms with Gasteiger partial charge in [0.25, 0.3) is 0 Å². The van der Waals surface area contributed by atoms with Gasteiger partial charge in [0.05, 0.1) is 6.54 Å². The zero-order valence-corrected chi connectivity index (χ0v) is 11.5. The fourth-order valence-corrected chi connectivity index (χ4v) is 2.26. The Morgan fingerprint density at radius 2 is 2.00 bits per heavy atom. The van der Waals surface area contributed by atoms with Gasteiger partial charge in [-0.25, -0.2) is 9.97 Å². The Morgan fingerprint density at radius 1 is 1.15 bits per heavy atom. The molecule has 0 radical (unpaired) electrons. The molecular formula is C16H19N3O. The molecule has 0 spiro atoms. The average molecular weight is 269 g/mol. The maximum atomic E-state index is 5.63. The first-order valence-corrected chi connectivity index (χ1v) is 7.15. The van der Waals surface area contributed by atoms with E-state index in [0.717, 1.165) is 23.8 Å². The monoisotopic (exact) mass is 269 g/mol. The van der Waals surface area contributed by atoms with E-state index < -0.39 is 0 Å². The van der Waals surface area contributed by atoms with Crippen LogP contribution in [0, 0.1) is 0 Å². The van der Waals surface area contributed by atoms with Crippen molar-refractivity contribution in [3.8, 4) is 5.75 Å². The van der Waals surface area contributed by atoms with Crippen LogP contribution >= 0.6 is 0 Å². The fourth-order valence-electron chi connectivity index (χ4n) is 2.26. The first-order valence-electron chi connectivity index (χ1n) is 7.15. The lowest BCUT2D eigenvalue weighted by atomic mass is 9.83. The van der Waals surface area contributed by atoms with E-state index in [1.165, 1.54) is 19.3 Å². The molecule has 1 aliphatic rings. The summed E-state index contributed by atoms with van der Waals surface area (Å²) in [4.78, 5) is 8.60. The van der Waals surface area contributed by atoms with E-state index in [4.69, 9.17) is 4.74 Å². The molecule has 0 aliphatic heterocycles. The summed E-state index contributed by atoms with van der Waals surface area (Å²) < 4.78 is 5.63. The Kier molecular flexibility index (Phi) is 4.11. The standard InChI is InChI=1S/C16H19N3O/c1-2-7-14(8-3-1)20-10-9-17-16-11-15(18-12-19-16)13-5-4-6-13/h1-3,7-8,11-13H,4-6,9-10H2,(H,17,18,19). The fraction of sp³-hybridized carbons (Fsp3) is 0.375. The minimum atomic E-state index is 0.618. The molecule has 1 fully saturated rings. The molecule has 4 heteroatoms. The first kappa shape index (κ1) is 12.9. The molecule has 0 saturated heterocycles. The number of benzene rings is 1. The highest BCUT2D eigenvalue weighted by Gasteiger charge is 2.20. The number of aromatic nitrogens is 2. The lowest BCUT2D eigenvalue weighted by molar-refractivity contribution is 0.332. The van der Waals surface area contributed by atoms with Crippen LogP contribution in [0.5, 0.6) is 5.75 Å². The highest BCUT2D eigenvalue weighted by molar-refractivity contribution is 5.36. The zero-order valence-electron chi connectivity index (χ0n) is 11.5. The van der Waals surface area contributed by atoms with Crippen LogP contribution in [0.25, 0.3) is 0 Å². The van der Waals surface area contributed by atoms with Gasteiger partial charge in [0.1, 0.15) is 24.5 Å². The van der Waals surface area contributed by atoms with Gasteiger partial charge in [0, 0.05) is 17.7 Å².